The number of nitrogens with zero attached hydrogens (tertiary/aromatic N) is 5. The second-order valence-corrected chi connectivity index (χ2v) is 12.7. The predicted octanol–water partition coefficient (Wildman–Crippen LogP) is 4.31. The number of aryl methyl sites for hydroxylation is 3. The fraction of sp³-hybridized carbons (Fsp3) is 0.533. The number of amides is 1. The molecule has 1 aliphatic heterocycles. The Morgan fingerprint density at radius 3 is 2.61 bits per heavy atom. The van der Waals surface area contributed by atoms with E-state index in [0.717, 1.165) is 53.7 Å². The summed E-state index contributed by atoms with van der Waals surface area (Å²) >= 11 is 0. The van der Waals surface area contributed by atoms with Crippen molar-refractivity contribution >= 4 is 22.9 Å². The molecular formula is C30H39N5O3. The van der Waals surface area contributed by atoms with Crippen molar-refractivity contribution in [3.05, 3.63) is 58.1 Å². The molecule has 8 heteroatoms. The lowest BCUT2D eigenvalue weighted by atomic mass is 9.69. The minimum Gasteiger partial charge on any atom is -0.481 e. The zero-order chi connectivity index (χ0) is 27.6. The highest BCUT2D eigenvalue weighted by Gasteiger charge is 2.42. The average molecular weight is 518 g/mol. The molecule has 0 spiro atoms. The van der Waals surface area contributed by atoms with E-state index in [-0.39, 0.29) is 23.3 Å². The molecule has 5 rings (SSSR count). The van der Waals surface area contributed by atoms with Gasteiger partial charge in [-0.25, -0.2) is 4.68 Å². The molecule has 0 radical (unpaired) electrons. The van der Waals surface area contributed by atoms with E-state index in [1.807, 2.05) is 38.1 Å². The van der Waals surface area contributed by atoms with Crippen LogP contribution in [0.1, 0.15) is 73.9 Å². The van der Waals surface area contributed by atoms with Crippen LogP contribution in [-0.2, 0) is 23.1 Å². The number of hydrogen-bond donors (Lipinski definition) is 1. The summed E-state index contributed by atoms with van der Waals surface area (Å²) in [6.07, 6.45) is 1.92. The summed E-state index contributed by atoms with van der Waals surface area (Å²) in [7, 11) is 3.75. The topological polar surface area (TPSA) is 91.6 Å². The number of likely N-dealkylation sites (N-methyl/N-ethyl adjacent to an activating group) is 1. The summed E-state index contributed by atoms with van der Waals surface area (Å²) in [5, 5.41) is 18.9. The monoisotopic (exact) mass is 517 g/mol. The molecule has 1 N–H and O–H groups in total. The molecule has 2 heterocycles. The molecule has 8 nitrogen and oxygen atoms in total. The minimum atomic E-state index is -1.06. The summed E-state index contributed by atoms with van der Waals surface area (Å²) in [5.74, 6) is -1.08. The molecular weight excluding hydrogens is 478 g/mol. The van der Waals surface area contributed by atoms with Gasteiger partial charge in [-0.05, 0) is 72.9 Å². The first-order valence-corrected chi connectivity index (χ1v) is 13.4. The van der Waals surface area contributed by atoms with Gasteiger partial charge in [0, 0.05) is 39.1 Å². The van der Waals surface area contributed by atoms with Gasteiger partial charge in [0.1, 0.15) is 5.52 Å². The lowest BCUT2D eigenvalue weighted by molar-refractivity contribution is -0.147. The SMILES string of the molecule is Cc1c([C@@H](c2ccc3c(c2)C(N2CC(=O)N(C)CC(C)(C)C2)CC3)C(C)(C)C(=O)O)ccc2c1nnn2C. The molecule has 0 saturated carbocycles. The van der Waals surface area contributed by atoms with Crippen molar-refractivity contribution in [2.75, 3.05) is 26.7 Å². The highest BCUT2D eigenvalue weighted by atomic mass is 16.4. The van der Waals surface area contributed by atoms with E-state index >= 15 is 0 Å². The van der Waals surface area contributed by atoms with Crippen molar-refractivity contribution in [3.8, 4) is 0 Å². The molecule has 1 amide bonds. The number of aromatic nitrogens is 3. The average Bonchev–Trinajstić information content (AvgIpc) is 3.40. The Hall–Kier alpha value is -3.26. The number of fused-ring (bicyclic) bond motifs is 2. The Morgan fingerprint density at radius 1 is 1.16 bits per heavy atom. The lowest BCUT2D eigenvalue weighted by Gasteiger charge is -2.35. The van der Waals surface area contributed by atoms with Crippen LogP contribution in [0.5, 0.6) is 0 Å². The van der Waals surface area contributed by atoms with Crippen LogP contribution in [0.15, 0.2) is 30.3 Å². The zero-order valence-corrected chi connectivity index (χ0v) is 23.6. The number of carbonyl (C=O) groups excluding carboxylic acids is 1. The van der Waals surface area contributed by atoms with Gasteiger partial charge in [0.25, 0.3) is 0 Å². The number of carboxylic acid groups (broad SMARTS) is 1. The maximum absolute atomic E-state index is 12.9. The van der Waals surface area contributed by atoms with Crippen molar-refractivity contribution in [1.29, 1.82) is 0 Å². The lowest BCUT2D eigenvalue weighted by Crippen LogP contribution is -2.37. The molecule has 1 aliphatic carbocycles. The Bertz CT molecular complexity index is 1420. The Morgan fingerprint density at radius 2 is 1.89 bits per heavy atom. The summed E-state index contributed by atoms with van der Waals surface area (Å²) in [4.78, 5) is 29.7. The number of rotatable bonds is 5. The smallest absolute Gasteiger partial charge is 0.310 e. The Balaban J connectivity index is 1.61. The van der Waals surface area contributed by atoms with E-state index in [2.05, 4.69) is 47.3 Å². The first-order valence-electron chi connectivity index (χ1n) is 13.4. The summed E-state index contributed by atoms with van der Waals surface area (Å²) in [6.45, 7) is 12.0. The molecule has 2 aromatic carbocycles. The second-order valence-electron chi connectivity index (χ2n) is 12.7. The van der Waals surface area contributed by atoms with Crippen LogP contribution in [0.4, 0.5) is 0 Å². The third-order valence-electron chi connectivity index (χ3n) is 8.71. The molecule has 1 fully saturated rings. The van der Waals surface area contributed by atoms with Crippen molar-refractivity contribution in [1.82, 2.24) is 24.8 Å². The number of aliphatic carboxylic acids is 1. The summed E-state index contributed by atoms with van der Waals surface area (Å²) in [6, 6.07) is 10.6. The molecule has 0 bridgehead atoms. The number of carboxylic acids is 1. The Kier molecular flexibility index (Phi) is 6.37. The van der Waals surface area contributed by atoms with Crippen LogP contribution >= 0.6 is 0 Å². The zero-order valence-electron chi connectivity index (χ0n) is 23.6. The van der Waals surface area contributed by atoms with Crippen LogP contribution < -0.4 is 0 Å². The van der Waals surface area contributed by atoms with Crippen LogP contribution in [-0.4, -0.2) is 68.5 Å². The van der Waals surface area contributed by atoms with Gasteiger partial charge >= 0.3 is 5.97 Å². The third kappa shape index (κ3) is 4.38. The summed E-state index contributed by atoms with van der Waals surface area (Å²) in [5.41, 5.74) is 6.03. The normalized spacial score (nSPS) is 21.0. The molecule has 202 valence electrons. The maximum Gasteiger partial charge on any atom is 0.310 e. The number of hydrogen-bond acceptors (Lipinski definition) is 5. The van der Waals surface area contributed by atoms with Gasteiger partial charge in [0.2, 0.25) is 5.91 Å². The van der Waals surface area contributed by atoms with Crippen LogP contribution in [0.25, 0.3) is 11.0 Å². The molecule has 1 saturated heterocycles. The van der Waals surface area contributed by atoms with E-state index in [4.69, 9.17) is 0 Å². The predicted molar refractivity (Wildman–Crippen MR) is 147 cm³/mol. The maximum atomic E-state index is 12.9. The van der Waals surface area contributed by atoms with Gasteiger partial charge in [0.05, 0.1) is 17.5 Å². The van der Waals surface area contributed by atoms with Gasteiger partial charge in [-0.15, -0.1) is 5.10 Å². The van der Waals surface area contributed by atoms with Gasteiger partial charge in [-0.2, -0.15) is 0 Å². The standard InChI is InChI=1S/C30H39N5O3/c1-18-21(11-13-24-27(18)31-32-34(24)7)26(30(4,5)28(37)38)20-9-8-19-10-12-23(22(19)14-20)35-15-25(36)33(6)16-29(2,3)17-35/h8-9,11,13-14,23,26H,10,12,15-17H2,1-7H3,(H,37,38)/t23?,26-/m1/s1. The van der Waals surface area contributed by atoms with E-state index in [1.54, 1.807) is 18.5 Å². The van der Waals surface area contributed by atoms with Gasteiger partial charge in [-0.1, -0.05) is 43.3 Å². The molecule has 3 aromatic rings. The summed E-state index contributed by atoms with van der Waals surface area (Å²) < 4.78 is 1.74. The molecule has 38 heavy (non-hydrogen) atoms. The molecule has 1 unspecified atom stereocenters. The Labute approximate surface area is 224 Å². The van der Waals surface area contributed by atoms with Gasteiger partial charge in [0.15, 0.2) is 0 Å². The quantitative estimate of drug-likeness (QED) is 0.542. The van der Waals surface area contributed by atoms with E-state index < -0.39 is 11.4 Å². The second kappa shape index (κ2) is 9.19. The minimum absolute atomic E-state index is 0.0155. The van der Waals surface area contributed by atoms with Gasteiger partial charge in [-0.3, -0.25) is 14.5 Å². The van der Waals surface area contributed by atoms with E-state index in [0.29, 0.717) is 6.54 Å². The van der Waals surface area contributed by atoms with Crippen molar-refractivity contribution in [3.63, 3.8) is 0 Å². The first kappa shape index (κ1) is 26.4. The van der Waals surface area contributed by atoms with Crippen LogP contribution in [0, 0.1) is 17.8 Å². The fourth-order valence-corrected chi connectivity index (χ4v) is 6.73. The number of benzene rings is 2. The molecule has 2 atom stereocenters. The van der Waals surface area contributed by atoms with E-state index in [9.17, 15) is 14.7 Å². The van der Waals surface area contributed by atoms with Crippen molar-refractivity contribution < 1.29 is 14.7 Å². The fourth-order valence-electron chi connectivity index (χ4n) is 6.73. The largest absolute Gasteiger partial charge is 0.481 e. The highest BCUT2D eigenvalue weighted by Crippen LogP contribution is 2.46. The van der Waals surface area contributed by atoms with Crippen LogP contribution in [0.2, 0.25) is 0 Å². The van der Waals surface area contributed by atoms with Gasteiger partial charge < -0.3 is 10.0 Å². The first-order chi connectivity index (χ1) is 17.8. The van der Waals surface area contributed by atoms with E-state index in [1.165, 1.54) is 11.1 Å². The molecule has 2 aliphatic rings. The molecule has 1 aromatic heterocycles. The van der Waals surface area contributed by atoms with Crippen molar-refractivity contribution in [2.24, 2.45) is 17.9 Å². The highest BCUT2D eigenvalue weighted by molar-refractivity contribution is 5.82. The van der Waals surface area contributed by atoms with Crippen molar-refractivity contribution in [2.45, 2.75) is 59.4 Å². The number of carbonyl (C=O) groups is 2. The third-order valence-corrected chi connectivity index (χ3v) is 8.71. The van der Waals surface area contributed by atoms with Crippen LogP contribution in [0.3, 0.4) is 0 Å².